The van der Waals surface area contributed by atoms with Crippen LogP contribution in [0.5, 0.6) is 0 Å². The number of amides is 1. The summed E-state index contributed by atoms with van der Waals surface area (Å²) in [6.07, 6.45) is 26.0. The number of carbonyl (C=O) groups is 3. The molecule has 280 valence electrons. The lowest BCUT2D eigenvalue weighted by Crippen LogP contribution is -2.29. The fourth-order valence-electron chi connectivity index (χ4n) is 4.98. The van der Waals surface area contributed by atoms with Gasteiger partial charge in [-0.3, -0.25) is 18.9 Å². The van der Waals surface area contributed by atoms with Gasteiger partial charge in [-0.1, -0.05) is 149 Å². The molecule has 11 heteroatoms. The molecule has 1 atom stereocenters. The van der Waals surface area contributed by atoms with Crippen LogP contribution in [0.2, 0.25) is 0 Å². The molecule has 0 saturated heterocycles. The molecular weight excluding hydrogens is 621 g/mol. The van der Waals surface area contributed by atoms with Gasteiger partial charge in [0.2, 0.25) is 5.91 Å². The molecule has 10 nitrogen and oxygen atoms in total. The van der Waals surface area contributed by atoms with E-state index in [1.54, 1.807) is 19.0 Å². The van der Waals surface area contributed by atoms with Crippen molar-refractivity contribution in [3.63, 3.8) is 0 Å². The van der Waals surface area contributed by atoms with Crippen molar-refractivity contribution in [2.45, 2.75) is 187 Å². The van der Waals surface area contributed by atoms with Crippen LogP contribution in [0.15, 0.2) is 0 Å². The lowest BCUT2D eigenvalue weighted by atomic mass is 10.1. The topological polar surface area (TPSA) is 140 Å². The molecule has 0 aromatic carbocycles. The third-order valence-electron chi connectivity index (χ3n) is 7.93. The molecule has 0 aromatic heterocycles. The Hall–Kier alpha value is -1.48. The average Bonchev–Trinajstić information content (AvgIpc) is 3.03. The van der Waals surface area contributed by atoms with E-state index in [0.717, 1.165) is 38.5 Å². The second-order valence-electron chi connectivity index (χ2n) is 12.8. The van der Waals surface area contributed by atoms with Crippen LogP contribution in [0.1, 0.15) is 181 Å². The van der Waals surface area contributed by atoms with Crippen molar-refractivity contribution in [1.82, 2.24) is 4.90 Å². The van der Waals surface area contributed by atoms with E-state index in [1.165, 1.54) is 96.3 Å². The number of esters is 2. The van der Waals surface area contributed by atoms with Gasteiger partial charge < -0.3 is 24.2 Å². The highest BCUT2D eigenvalue weighted by molar-refractivity contribution is 7.46. The van der Waals surface area contributed by atoms with Gasteiger partial charge in [0.05, 0.1) is 6.61 Å². The van der Waals surface area contributed by atoms with Gasteiger partial charge in [0.15, 0.2) is 6.10 Å². The molecule has 0 saturated carbocycles. The van der Waals surface area contributed by atoms with Crippen LogP contribution in [0.3, 0.4) is 0 Å². The summed E-state index contributed by atoms with van der Waals surface area (Å²) in [6, 6.07) is 0. The highest BCUT2D eigenvalue weighted by atomic mass is 31.2. The Kier molecular flexibility index (Phi) is 34.9. The Morgan fingerprint density at radius 3 is 1.26 bits per heavy atom. The number of carbonyl (C=O) groups excluding carboxylic acids is 3. The van der Waals surface area contributed by atoms with Crippen LogP contribution >= 0.6 is 7.82 Å². The van der Waals surface area contributed by atoms with Crippen LogP contribution < -0.4 is 0 Å². The van der Waals surface area contributed by atoms with Crippen molar-refractivity contribution in [3.05, 3.63) is 0 Å². The molecule has 0 rings (SSSR count). The number of phosphoric ester groups is 1. The van der Waals surface area contributed by atoms with Crippen LogP contribution in [-0.2, 0) is 32.9 Å². The van der Waals surface area contributed by atoms with Gasteiger partial charge in [0, 0.05) is 33.4 Å². The number of nitrogens with zero attached hydrogens (tertiary/aromatic N) is 1. The minimum absolute atomic E-state index is 0.181. The SMILES string of the molecule is CCC(=O)N(C)C.CCCCCCCCCCCCCC(=O)OCC(COP(=O)(O)O)OC(=O)CCCCCCCCCCCCC. The van der Waals surface area contributed by atoms with Crippen LogP contribution in [0, 0.1) is 0 Å². The van der Waals surface area contributed by atoms with Gasteiger partial charge in [-0.25, -0.2) is 4.57 Å². The third-order valence-corrected chi connectivity index (χ3v) is 8.41. The van der Waals surface area contributed by atoms with Crippen molar-refractivity contribution in [1.29, 1.82) is 0 Å². The largest absolute Gasteiger partial charge is 0.469 e. The molecule has 0 aliphatic rings. The monoisotopic (exact) mass is 693 g/mol. The number of unbranched alkanes of at least 4 members (excludes halogenated alkanes) is 20. The third kappa shape index (κ3) is 38.8. The van der Waals surface area contributed by atoms with Gasteiger partial charge >= 0.3 is 19.8 Å². The summed E-state index contributed by atoms with van der Waals surface area (Å²) in [5, 5.41) is 0. The number of ether oxygens (including phenoxy) is 2. The second-order valence-corrected chi connectivity index (χ2v) is 14.0. The highest BCUT2D eigenvalue weighted by Crippen LogP contribution is 2.36. The van der Waals surface area contributed by atoms with E-state index in [9.17, 15) is 18.9 Å². The maximum atomic E-state index is 12.3. The molecule has 0 bridgehead atoms. The van der Waals surface area contributed by atoms with E-state index in [0.29, 0.717) is 12.8 Å². The Labute approximate surface area is 287 Å². The normalized spacial score (nSPS) is 11.8. The van der Waals surface area contributed by atoms with Gasteiger partial charge in [0.25, 0.3) is 0 Å². The summed E-state index contributed by atoms with van der Waals surface area (Å²) in [7, 11) is -1.22. The summed E-state index contributed by atoms with van der Waals surface area (Å²) in [5.74, 6) is -0.699. The Bertz CT molecular complexity index is 788. The van der Waals surface area contributed by atoms with E-state index in [2.05, 4.69) is 18.4 Å². The first-order valence-electron chi connectivity index (χ1n) is 18.7. The fraction of sp³-hybridized carbons (Fsp3) is 0.917. The smallest absolute Gasteiger partial charge is 0.462 e. The van der Waals surface area contributed by atoms with Gasteiger partial charge in [0.1, 0.15) is 6.61 Å². The molecule has 0 fully saturated rings. The zero-order valence-electron chi connectivity index (χ0n) is 30.8. The minimum Gasteiger partial charge on any atom is -0.462 e. The summed E-state index contributed by atoms with van der Waals surface area (Å²) in [4.78, 5) is 54.4. The van der Waals surface area contributed by atoms with Crippen molar-refractivity contribution >= 4 is 25.7 Å². The molecule has 1 amide bonds. The molecule has 0 aliphatic heterocycles. The highest BCUT2D eigenvalue weighted by Gasteiger charge is 2.22. The first-order valence-corrected chi connectivity index (χ1v) is 20.2. The number of rotatable bonds is 31. The predicted molar refractivity (Wildman–Crippen MR) is 190 cm³/mol. The first kappa shape index (κ1) is 47.6. The van der Waals surface area contributed by atoms with Crippen molar-refractivity contribution in [2.75, 3.05) is 27.3 Å². The van der Waals surface area contributed by atoms with Gasteiger partial charge in [-0.2, -0.15) is 0 Å². The second kappa shape index (κ2) is 34.4. The number of hydrogen-bond donors (Lipinski definition) is 2. The predicted octanol–water partition coefficient (Wildman–Crippen LogP) is 9.44. The molecule has 47 heavy (non-hydrogen) atoms. The van der Waals surface area contributed by atoms with E-state index in [1.807, 2.05) is 6.92 Å². The zero-order valence-corrected chi connectivity index (χ0v) is 31.7. The molecule has 0 spiro atoms. The zero-order chi connectivity index (χ0) is 35.6. The summed E-state index contributed by atoms with van der Waals surface area (Å²) >= 11 is 0. The van der Waals surface area contributed by atoms with Crippen molar-refractivity contribution in [3.8, 4) is 0 Å². The first-order chi connectivity index (χ1) is 22.5. The van der Waals surface area contributed by atoms with Crippen LogP contribution in [0.4, 0.5) is 0 Å². The summed E-state index contributed by atoms with van der Waals surface area (Å²) in [5.41, 5.74) is 0. The Balaban J connectivity index is 0. The average molecular weight is 694 g/mol. The molecular formula is C36H72NO9P. The Morgan fingerprint density at radius 2 is 0.936 bits per heavy atom. The van der Waals surface area contributed by atoms with E-state index < -0.39 is 32.5 Å². The lowest BCUT2D eigenvalue weighted by Gasteiger charge is -2.18. The van der Waals surface area contributed by atoms with E-state index in [-0.39, 0.29) is 25.4 Å². The minimum atomic E-state index is -4.73. The van der Waals surface area contributed by atoms with Crippen LogP contribution in [-0.4, -0.2) is 65.9 Å². The quantitative estimate of drug-likeness (QED) is 0.0413. The summed E-state index contributed by atoms with van der Waals surface area (Å²) in [6.45, 7) is 5.50. The number of phosphoric acid groups is 1. The van der Waals surface area contributed by atoms with Crippen LogP contribution in [0.25, 0.3) is 0 Å². The molecule has 0 heterocycles. The summed E-state index contributed by atoms with van der Waals surface area (Å²) < 4.78 is 26.1. The maximum absolute atomic E-state index is 12.3. The molecule has 0 aromatic rings. The standard InChI is InChI=1S/C31H61O8P.C5H11NO/c1-3-5-7-9-11-13-15-17-19-21-23-25-30(32)37-27-29(28-38-40(34,35)36)39-31(33)26-24-22-20-18-16-14-12-10-8-6-4-2;1-4-5(7)6(2)3/h29H,3-28H2,1-2H3,(H2,34,35,36);4H2,1-3H3. The molecule has 0 aliphatic carbocycles. The molecule has 2 N–H and O–H groups in total. The Morgan fingerprint density at radius 1 is 0.574 bits per heavy atom. The lowest BCUT2D eigenvalue weighted by molar-refractivity contribution is -0.161. The van der Waals surface area contributed by atoms with Crippen molar-refractivity contribution < 1.29 is 42.7 Å². The fourth-order valence-corrected chi connectivity index (χ4v) is 5.34. The molecule has 1 unspecified atom stereocenters. The van der Waals surface area contributed by atoms with E-state index in [4.69, 9.17) is 19.3 Å². The van der Waals surface area contributed by atoms with Gasteiger partial charge in [-0.15, -0.1) is 0 Å². The number of hydrogen-bond acceptors (Lipinski definition) is 7. The molecule has 0 radical (unpaired) electrons. The maximum Gasteiger partial charge on any atom is 0.469 e. The van der Waals surface area contributed by atoms with E-state index >= 15 is 0 Å². The van der Waals surface area contributed by atoms with Crippen molar-refractivity contribution in [2.24, 2.45) is 0 Å². The van der Waals surface area contributed by atoms with Gasteiger partial charge in [-0.05, 0) is 12.8 Å².